The molecule has 8 heteroatoms. The third kappa shape index (κ3) is 3.17. The topological polar surface area (TPSA) is 103 Å². The third-order valence-electron chi connectivity index (χ3n) is 2.80. The van der Waals surface area contributed by atoms with Crippen LogP contribution in [0.4, 0.5) is 11.6 Å². The average Bonchev–Trinajstić information content (AvgIpc) is 2.54. The second-order valence-corrected chi connectivity index (χ2v) is 4.11. The summed E-state index contributed by atoms with van der Waals surface area (Å²) in [7, 11) is 4.51. The molecule has 0 radical (unpaired) electrons. The van der Waals surface area contributed by atoms with Crippen molar-refractivity contribution in [3.63, 3.8) is 0 Å². The molecule has 0 amide bonds. The van der Waals surface area contributed by atoms with Crippen LogP contribution in [0.25, 0.3) is 0 Å². The zero-order chi connectivity index (χ0) is 16.1. The first-order chi connectivity index (χ1) is 10.6. The monoisotopic (exact) mass is 305 g/mol. The van der Waals surface area contributed by atoms with Crippen LogP contribution < -0.4 is 19.5 Å². The number of ether oxygens (including phenoxy) is 3. The molecule has 0 fully saturated rings. The summed E-state index contributed by atoms with van der Waals surface area (Å²) in [6.45, 7) is 0. The van der Waals surface area contributed by atoms with Crippen molar-refractivity contribution in [3.05, 3.63) is 30.1 Å². The number of aromatic carboxylic acids is 1. The number of rotatable bonds is 6. The highest BCUT2D eigenvalue weighted by Gasteiger charge is 2.14. The van der Waals surface area contributed by atoms with Crippen LogP contribution in [0.3, 0.4) is 0 Å². The predicted octanol–water partition coefficient (Wildman–Crippen LogP) is 1.94. The number of carboxylic acids is 1. The van der Waals surface area contributed by atoms with Crippen LogP contribution in [0.2, 0.25) is 0 Å². The zero-order valence-electron chi connectivity index (χ0n) is 12.3. The smallest absolute Gasteiger partial charge is 0.354 e. The van der Waals surface area contributed by atoms with Gasteiger partial charge >= 0.3 is 5.97 Å². The van der Waals surface area contributed by atoms with Crippen molar-refractivity contribution in [2.24, 2.45) is 0 Å². The van der Waals surface area contributed by atoms with Crippen LogP contribution in [0.5, 0.6) is 17.2 Å². The molecule has 2 N–H and O–H groups in total. The lowest BCUT2D eigenvalue weighted by Crippen LogP contribution is -2.05. The Morgan fingerprint density at radius 3 is 2.27 bits per heavy atom. The van der Waals surface area contributed by atoms with Gasteiger partial charge in [0.25, 0.3) is 0 Å². The summed E-state index contributed by atoms with van der Waals surface area (Å²) in [6, 6.07) is 4.64. The molecule has 1 heterocycles. The Balaban J connectivity index is 2.37. The molecule has 1 aromatic heterocycles. The molecule has 1 aromatic carbocycles. The molecule has 116 valence electrons. The Morgan fingerprint density at radius 2 is 1.77 bits per heavy atom. The van der Waals surface area contributed by atoms with Gasteiger partial charge in [0.05, 0.1) is 21.3 Å². The molecule has 0 unspecified atom stereocenters. The van der Waals surface area contributed by atoms with Gasteiger partial charge in [-0.1, -0.05) is 0 Å². The largest absolute Gasteiger partial charge is 0.493 e. The highest BCUT2D eigenvalue weighted by Crippen LogP contribution is 2.40. The molecule has 0 aliphatic carbocycles. The maximum absolute atomic E-state index is 10.9. The fourth-order valence-electron chi connectivity index (χ4n) is 1.82. The Kier molecular flexibility index (Phi) is 4.62. The van der Waals surface area contributed by atoms with Crippen LogP contribution in [0.1, 0.15) is 10.5 Å². The molecule has 2 rings (SSSR count). The molecular weight excluding hydrogens is 290 g/mol. The number of hydrogen-bond donors (Lipinski definition) is 2. The summed E-state index contributed by atoms with van der Waals surface area (Å²) in [5.74, 6) is 0.387. The fraction of sp³-hybridized carbons (Fsp3) is 0.214. The molecule has 0 aliphatic rings. The van der Waals surface area contributed by atoms with Gasteiger partial charge in [0.15, 0.2) is 17.2 Å². The van der Waals surface area contributed by atoms with E-state index in [2.05, 4.69) is 15.3 Å². The van der Waals surface area contributed by atoms with Crippen LogP contribution in [-0.4, -0.2) is 42.4 Å². The summed E-state index contributed by atoms with van der Waals surface area (Å²) >= 11 is 0. The van der Waals surface area contributed by atoms with E-state index in [9.17, 15) is 4.79 Å². The molecule has 8 nitrogen and oxygen atoms in total. The quantitative estimate of drug-likeness (QED) is 0.834. The Morgan fingerprint density at radius 1 is 1.14 bits per heavy atom. The lowest BCUT2D eigenvalue weighted by atomic mass is 10.2. The van der Waals surface area contributed by atoms with Gasteiger partial charge in [-0.05, 0) is 6.07 Å². The predicted molar refractivity (Wildman–Crippen MR) is 78.4 cm³/mol. The van der Waals surface area contributed by atoms with Gasteiger partial charge in [0, 0.05) is 24.0 Å². The number of aromatic nitrogens is 2. The second kappa shape index (κ2) is 6.61. The van der Waals surface area contributed by atoms with E-state index in [1.165, 1.54) is 33.6 Å². The number of nitrogens with one attached hydrogen (secondary N) is 1. The molecule has 0 spiro atoms. The van der Waals surface area contributed by atoms with Crippen LogP contribution in [-0.2, 0) is 0 Å². The first-order valence-corrected chi connectivity index (χ1v) is 6.22. The lowest BCUT2D eigenvalue weighted by molar-refractivity contribution is 0.0690. The van der Waals surface area contributed by atoms with Crippen molar-refractivity contribution in [2.75, 3.05) is 26.6 Å². The van der Waals surface area contributed by atoms with E-state index >= 15 is 0 Å². The molecule has 2 aromatic rings. The second-order valence-electron chi connectivity index (χ2n) is 4.11. The van der Waals surface area contributed by atoms with Gasteiger partial charge in [-0.2, -0.15) is 0 Å². The van der Waals surface area contributed by atoms with E-state index in [4.69, 9.17) is 19.3 Å². The van der Waals surface area contributed by atoms with Gasteiger partial charge in [-0.25, -0.2) is 14.8 Å². The molecule has 0 bridgehead atoms. The number of benzene rings is 1. The summed E-state index contributed by atoms with van der Waals surface area (Å²) in [4.78, 5) is 18.8. The van der Waals surface area contributed by atoms with E-state index in [0.29, 0.717) is 22.9 Å². The number of hydrogen-bond acceptors (Lipinski definition) is 7. The molecular formula is C14H15N3O5. The Hall–Kier alpha value is -3.03. The van der Waals surface area contributed by atoms with E-state index in [0.717, 1.165) is 0 Å². The van der Waals surface area contributed by atoms with Gasteiger partial charge in [0.2, 0.25) is 11.7 Å². The van der Waals surface area contributed by atoms with E-state index < -0.39 is 5.97 Å². The first-order valence-electron chi connectivity index (χ1n) is 6.22. The van der Waals surface area contributed by atoms with Crippen LogP contribution in [0.15, 0.2) is 24.4 Å². The third-order valence-corrected chi connectivity index (χ3v) is 2.80. The number of anilines is 2. The summed E-state index contributed by atoms with van der Waals surface area (Å²) in [5.41, 5.74) is 0.460. The van der Waals surface area contributed by atoms with Gasteiger partial charge in [0.1, 0.15) is 0 Å². The zero-order valence-corrected chi connectivity index (χ0v) is 12.3. The van der Waals surface area contributed by atoms with E-state index in [1.807, 2.05) is 0 Å². The highest BCUT2D eigenvalue weighted by molar-refractivity contribution is 5.85. The maximum Gasteiger partial charge on any atom is 0.354 e. The summed E-state index contributed by atoms with van der Waals surface area (Å²) in [5, 5.41) is 11.8. The standard InChI is InChI=1S/C14H15N3O5/c1-20-10-6-8(7-11(21-2)12(10)22-3)16-14-15-5-4-9(17-14)13(18)19/h4-7H,1-3H3,(H,18,19)(H,15,16,17). The van der Waals surface area contributed by atoms with Crippen LogP contribution >= 0.6 is 0 Å². The normalized spacial score (nSPS) is 9.95. The van der Waals surface area contributed by atoms with Crippen molar-refractivity contribution in [2.45, 2.75) is 0 Å². The molecule has 0 saturated carbocycles. The van der Waals surface area contributed by atoms with E-state index in [1.54, 1.807) is 12.1 Å². The maximum atomic E-state index is 10.9. The number of nitrogens with zero attached hydrogens (tertiary/aromatic N) is 2. The molecule has 22 heavy (non-hydrogen) atoms. The van der Waals surface area contributed by atoms with E-state index in [-0.39, 0.29) is 11.6 Å². The fourth-order valence-corrected chi connectivity index (χ4v) is 1.82. The number of carbonyl (C=O) groups is 1. The van der Waals surface area contributed by atoms with Gasteiger partial charge < -0.3 is 24.6 Å². The van der Waals surface area contributed by atoms with Crippen molar-refractivity contribution in [3.8, 4) is 17.2 Å². The molecule has 0 saturated heterocycles. The van der Waals surface area contributed by atoms with Gasteiger partial charge in [-0.3, -0.25) is 0 Å². The van der Waals surface area contributed by atoms with Gasteiger partial charge in [-0.15, -0.1) is 0 Å². The Labute approximate surface area is 126 Å². The highest BCUT2D eigenvalue weighted by atomic mass is 16.5. The average molecular weight is 305 g/mol. The first kappa shape index (κ1) is 15.4. The lowest BCUT2D eigenvalue weighted by Gasteiger charge is -2.14. The Bertz CT molecular complexity index is 665. The summed E-state index contributed by atoms with van der Waals surface area (Å²) < 4.78 is 15.7. The minimum atomic E-state index is -1.13. The molecule has 0 aliphatic heterocycles. The molecule has 0 atom stereocenters. The summed E-state index contributed by atoms with van der Waals surface area (Å²) in [6.07, 6.45) is 1.36. The minimum Gasteiger partial charge on any atom is -0.493 e. The van der Waals surface area contributed by atoms with Crippen LogP contribution in [0, 0.1) is 0 Å². The van der Waals surface area contributed by atoms with Crippen molar-refractivity contribution >= 4 is 17.6 Å². The minimum absolute atomic E-state index is 0.107. The van der Waals surface area contributed by atoms with Crippen molar-refractivity contribution in [1.29, 1.82) is 0 Å². The van der Waals surface area contributed by atoms with Crippen molar-refractivity contribution < 1.29 is 24.1 Å². The van der Waals surface area contributed by atoms with Crippen molar-refractivity contribution in [1.82, 2.24) is 9.97 Å². The number of methoxy groups -OCH3 is 3. The SMILES string of the molecule is COc1cc(Nc2nccc(C(=O)O)n2)cc(OC)c1OC. The number of carboxylic acid groups (broad SMARTS) is 1.